The van der Waals surface area contributed by atoms with Gasteiger partial charge in [0.15, 0.2) is 17.0 Å². The van der Waals surface area contributed by atoms with Gasteiger partial charge in [0.1, 0.15) is 0 Å². The molecule has 4 aliphatic rings. The molecule has 1 aromatic rings. The second-order valence-corrected chi connectivity index (χ2v) is 6.68. The second-order valence-electron chi connectivity index (χ2n) is 6.68. The molecule has 0 radical (unpaired) electrons. The fraction of sp³-hybridized carbons (Fsp3) is 0.588. The minimum absolute atomic E-state index is 0.134. The van der Waals surface area contributed by atoms with E-state index in [2.05, 4.69) is 0 Å². The number of hydrogen-bond donors (Lipinski definition) is 0. The van der Waals surface area contributed by atoms with Crippen LogP contribution in [0.4, 0.5) is 0 Å². The van der Waals surface area contributed by atoms with E-state index in [-0.39, 0.29) is 5.78 Å². The first-order chi connectivity index (χ1) is 10.2. The van der Waals surface area contributed by atoms with Gasteiger partial charge in [-0.1, -0.05) is 24.3 Å². The molecule has 0 N–H and O–H groups in total. The highest BCUT2D eigenvalue weighted by Crippen LogP contribution is 2.79. The lowest BCUT2D eigenvalue weighted by Crippen LogP contribution is -2.59. The Morgan fingerprint density at radius 2 is 1.86 bits per heavy atom. The first kappa shape index (κ1) is 12.3. The van der Waals surface area contributed by atoms with Crippen molar-refractivity contribution >= 4 is 5.78 Å². The molecule has 4 heteroatoms. The largest absolute Gasteiger partial charge is 0.347 e. The zero-order valence-electron chi connectivity index (χ0n) is 12.2. The van der Waals surface area contributed by atoms with Crippen molar-refractivity contribution < 1.29 is 19.0 Å². The number of methoxy groups -OCH3 is 2. The molecule has 3 aliphatic carbocycles. The Bertz CT molecular complexity index is 665. The third-order valence-electron chi connectivity index (χ3n) is 6.34. The summed E-state index contributed by atoms with van der Waals surface area (Å²) in [5, 5.41) is 0. The second kappa shape index (κ2) is 3.40. The van der Waals surface area contributed by atoms with Gasteiger partial charge in [0.05, 0.1) is 0 Å². The molecular formula is C17H18O4. The van der Waals surface area contributed by atoms with Gasteiger partial charge in [-0.25, -0.2) is 0 Å². The number of fused-ring (bicyclic) bond motifs is 3. The molecule has 1 aromatic carbocycles. The third-order valence-corrected chi connectivity index (χ3v) is 6.34. The van der Waals surface area contributed by atoms with Crippen LogP contribution in [0.25, 0.3) is 0 Å². The van der Waals surface area contributed by atoms with Crippen molar-refractivity contribution in [2.75, 3.05) is 14.2 Å². The molecule has 1 saturated heterocycles. The molecule has 110 valence electrons. The van der Waals surface area contributed by atoms with Crippen molar-refractivity contribution in [2.24, 2.45) is 11.8 Å². The number of carbonyl (C=O) groups is 1. The summed E-state index contributed by atoms with van der Waals surface area (Å²) in [6, 6.07) is 7.63. The number of ketones is 1. The number of Topliss-reactive ketones (excluding diaryl/α,β-unsaturated/α-hetero) is 1. The number of rotatable bonds is 2. The fourth-order valence-electron chi connectivity index (χ4n) is 5.68. The van der Waals surface area contributed by atoms with E-state index in [1.54, 1.807) is 14.2 Å². The standard InChI is InChI=1S/C17H18O4/c1-19-17(20-2)13-6-4-3-5-12(13)14(18)15-10-7-8-11(9-10)16(15,17)21-15/h3-6,10-11H,7-9H2,1-2H3/t10-,11-,15-,16-/m1/s1. The van der Waals surface area contributed by atoms with Gasteiger partial charge in [-0.3, -0.25) is 4.79 Å². The summed E-state index contributed by atoms with van der Waals surface area (Å²) < 4.78 is 18.1. The Morgan fingerprint density at radius 3 is 2.62 bits per heavy atom. The van der Waals surface area contributed by atoms with Gasteiger partial charge >= 0.3 is 0 Å². The summed E-state index contributed by atoms with van der Waals surface area (Å²) in [6.45, 7) is 0. The van der Waals surface area contributed by atoms with Crippen LogP contribution in [-0.2, 0) is 20.0 Å². The molecule has 4 atom stereocenters. The number of epoxide rings is 1. The van der Waals surface area contributed by atoms with E-state index in [1.807, 2.05) is 24.3 Å². The van der Waals surface area contributed by atoms with Crippen molar-refractivity contribution in [2.45, 2.75) is 36.3 Å². The average Bonchev–Trinajstić information content (AvgIpc) is 2.94. The molecule has 21 heavy (non-hydrogen) atoms. The number of benzene rings is 1. The molecule has 0 spiro atoms. The summed E-state index contributed by atoms with van der Waals surface area (Å²) in [6.07, 6.45) is 3.22. The summed E-state index contributed by atoms with van der Waals surface area (Å²) in [4.78, 5) is 13.1. The third kappa shape index (κ3) is 0.944. The van der Waals surface area contributed by atoms with Gasteiger partial charge in [-0.2, -0.15) is 0 Å². The van der Waals surface area contributed by atoms with Crippen LogP contribution in [0.15, 0.2) is 24.3 Å². The lowest BCUT2D eigenvalue weighted by Gasteiger charge is -2.44. The fourth-order valence-corrected chi connectivity index (χ4v) is 5.68. The molecule has 1 heterocycles. The molecule has 5 rings (SSSR count). The quantitative estimate of drug-likeness (QED) is 0.618. The Morgan fingerprint density at radius 1 is 1.14 bits per heavy atom. The van der Waals surface area contributed by atoms with E-state index in [1.165, 1.54) is 0 Å². The van der Waals surface area contributed by atoms with Crippen LogP contribution in [0.3, 0.4) is 0 Å². The van der Waals surface area contributed by atoms with E-state index in [9.17, 15) is 4.79 Å². The maximum Gasteiger partial charge on any atom is 0.229 e. The summed E-state index contributed by atoms with van der Waals surface area (Å²) >= 11 is 0. The molecular weight excluding hydrogens is 268 g/mol. The van der Waals surface area contributed by atoms with E-state index >= 15 is 0 Å². The van der Waals surface area contributed by atoms with Crippen molar-refractivity contribution in [1.29, 1.82) is 0 Å². The van der Waals surface area contributed by atoms with Gasteiger partial charge in [0.25, 0.3) is 0 Å². The minimum atomic E-state index is -0.961. The van der Waals surface area contributed by atoms with Crippen LogP contribution in [-0.4, -0.2) is 31.2 Å². The van der Waals surface area contributed by atoms with Crippen LogP contribution in [0.1, 0.15) is 35.2 Å². The van der Waals surface area contributed by atoms with Crippen LogP contribution >= 0.6 is 0 Å². The van der Waals surface area contributed by atoms with Gasteiger partial charge in [-0.15, -0.1) is 0 Å². The van der Waals surface area contributed by atoms with Crippen LogP contribution in [0.5, 0.6) is 0 Å². The molecule has 2 saturated carbocycles. The van der Waals surface area contributed by atoms with Gasteiger partial charge in [0, 0.05) is 25.3 Å². The Labute approximate surface area is 123 Å². The summed E-state index contributed by atoms with van der Waals surface area (Å²) in [5.74, 6) is -0.167. The molecule has 1 aliphatic heterocycles. The monoisotopic (exact) mass is 286 g/mol. The van der Waals surface area contributed by atoms with Gasteiger partial charge in [0.2, 0.25) is 5.79 Å². The summed E-state index contributed by atoms with van der Waals surface area (Å²) in [5.41, 5.74) is 0.205. The number of hydrogen-bond acceptors (Lipinski definition) is 4. The van der Waals surface area contributed by atoms with E-state index in [0.29, 0.717) is 17.4 Å². The van der Waals surface area contributed by atoms with E-state index in [0.717, 1.165) is 24.8 Å². The van der Waals surface area contributed by atoms with Crippen molar-refractivity contribution in [3.8, 4) is 0 Å². The topological polar surface area (TPSA) is 48.1 Å². The Kier molecular flexibility index (Phi) is 1.99. The molecule has 0 unspecified atom stereocenters. The summed E-state index contributed by atoms with van der Waals surface area (Å²) in [7, 11) is 3.31. The zero-order valence-corrected chi connectivity index (χ0v) is 12.2. The molecule has 0 amide bonds. The van der Waals surface area contributed by atoms with Crippen molar-refractivity contribution in [3.63, 3.8) is 0 Å². The molecule has 2 bridgehead atoms. The van der Waals surface area contributed by atoms with Crippen molar-refractivity contribution in [1.82, 2.24) is 0 Å². The van der Waals surface area contributed by atoms with Gasteiger partial charge < -0.3 is 14.2 Å². The van der Waals surface area contributed by atoms with E-state index < -0.39 is 17.0 Å². The number of carbonyl (C=O) groups excluding carboxylic acids is 1. The smallest absolute Gasteiger partial charge is 0.229 e. The van der Waals surface area contributed by atoms with Crippen LogP contribution in [0, 0.1) is 11.8 Å². The SMILES string of the molecule is COC1(OC)c2ccccc2C(=O)[C@@]23O[C@@]12[C@@H]1CC[C@@H]3C1. The first-order valence-electron chi connectivity index (χ1n) is 7.62. The Balaban J connectivity index is 1.86. The lowest BCUT2D eigenvalue weighted by molar-refractivity contribution is -0.266. The highest BCUT2D eigenvalue weighted by atomic mass is 16.8. The predicted molar refractivity (Wildman–Crippen MR) is 73.8 cm³/mol. The molecule has 0 aromatic heterocycles. The Hall–Kier alpha value is -1.23. The molecule has 3 fully saturated rings. The normalized spacial score (nSPS) is 44.2. The molecule has 4 nitrogen and oxygen atoms in total. The average molecular weight is 286 g/mol. The number of ether oxygens (including phenoxy) is 3. The minimum Gasteiger partial charge on any atom is -0.347 e. The predicted octanol–water partition coefficient (Wildman–Crippen LogP) is 2.27. The van der Waals surface area contributed by atoms with Crippen LogP contribution in [0.2, 0.25) is 0 Å². The van der Waals surface area contributed by atoms with Gasteiger partial charge in [-0.05, 0) is 31.1 Å². The lowest BCUT2D eigenvalue weighted by atomic mass is 9.64. The first-order valence-corrected chi connectivity index (χ1v) is 7.62. The zero-order chi connectivity index (χ0) is 14.5. The maximum absolute atomic E-state index is 13.1. The maximum atomic E-state index is 13.1. The van der Waals surface area contributed by atoms with Crippen LogP contribution < -0.4 is 0 Å². The van der Waals surface area contributed by atoms with Crippen molar-refractivity contribution in [3.05, 3.63) is 35.4 Å². The highest BCUT2D eigenvalue weighted by molar-refractivity contribution is 6.09. The van der Waals surface area contributed by atoms with E-state index in [4.69, 9.17) is 14.2 Å². The highest BCUT2D eigenvalue weighted by Gasteiger charge is 2.94.